The molecule has 7 nitrogen and oxygen atoms in total. The Morgan fingerprint density at radius 3 is 2.83 bits per heavy atom. The van der Waals surface area contributed by atoms with E-state index in [1.54, 1.807) is 25.4 Å². The molecule has 0 aliphatic carbocycles. The van der Waals surface area contributed by atoms with Crippen LogP contribution in [0.25, 0.3) is 0 Å². The molecule has 0 amide bonds. The summed E-state index contributed by atoms with van der Waals surface area (Å²) in [7, 11) is -3.95. The summed E-state index contributed by atoms with van der Waals surface area (Å²) in [5.41, 5.74) is 1.27. The molecule has 0 saturated carbocycles. The standard InChI is InChI=1S/C15H14FN5O2S/c1-11-4-5-13(7-14(11)16)24(22,23)20-15-18-10-21(19-15)9-12-3-2-6-17-8-12/h2-8,10H,9H2,1H3,(H,19,20). The Labute approximate surface area is 138 Å². The van der Waals surface area contributed by atoms with Gasteiger partial charge >= 0.3 is 0 Å². The Kier molecular flexibility index (Phi) is 4.26. The van der Waals surface area contributed by atoms with Crippen LogP contribution in [-0.4, -0.2) is 28.2 Å². The summed E-state index contributed by atoms with van der Waals surface area (Å²) in [5, 5.41) is 4.05. The quantitative estimate of drug-likeness (QED) is 0.762. The SMILES string of the molecule is Cc1ccc(S(=O)(=O)Nc2ncn(Cc3cccnc3)n2)cc1F. The fourth-order valence-electron chi connectivity index (χ4n) is 2.02. The highest BCUT2D eigenvalue weighted by molar-refractivity contribution is 7.92. The molecule has 0 radical (unpaired) electrons. The number of nitrogens with one attached hydrogen (secondary N) is 1. The van der Waals surface area contributed by atoms with Crippen LogP contribution in [0.15, 0.2) is 53.9 Å². The highest BCUT2D eigenvalue weighted by Gasteiger charge is 2.17. The Morgan fingerprint density at radius 1 is 1.29 bits per heavy atom. The third-order valence-electron chi connectivity index (χ3n) is 3.28. The fraction of sp³-hybridized carbons (Fsp3) is 0.133. The number of anilines is 1. The number of halogens is 1. The minimum absolute atomic E-state index is 0.0835. The Hall–Kier alpha value is -2.81. The van der Waals surface area contributed by atoms with E-state index >= 15 is 0 Å². The van der Waals surface area contributed by atoms with Gasteiger partial charge in [0, 0.05) is 12.4 Å². The number of pyridine rings is 1. The van der Waals surface area contributed by atoms with E-state index in [1.165, 1.54) is 23.1 Å². The van der Waals surface area contributed by atoms with Gasteiger partial charge in [0.05, 0.1) is 11.4 Å². The largest absolute Gasteiger partial charge is 0.264 e. The van der Waals surface area contributed by atoms with Crippen molar-refractivity contribution >= 4 is 16.0 Å². The Balaban J connectivity index is 1.77. The first-order valence-corrected chi connectivity index (χ1v) is 8.50. The van der Waals surface area contributed by atoms with Crippen LogP contribution in [-0.2, 0) is 16.6 Å². The maximum absolute atomic E-state index is 13.6. The predicted octanol–water partition coefficient (Wildman–Crippen LogP) is 1.97. The topological polar surface area (TPSA) is 89.8 Å². The summed E-state index contributed by atoms with van der Waals surface area (Å²) >= 11 is 0. The lowest BCUT2D eigenvalue weighted by Gasteiger charge is -2.05. The number of benzene rings is 1. The molecule has 0 bridgehead atoms. The Bertz CT molecular complexity index is 957. The van der Waals surface area contributed by atoms with Crippen molar-refractivity contribution in [1.82, 2.24) is 19.7 Å². The number of rotatable bonds is 5. The summed E-state index contributed by atoms with van der Waals surface area (Å²) in [6.07, 6.45) is 4.74. The van der Waals surface area contributed by atoms with Crippen LogP contribution in [0, 0.1) is 12.7 Å². The van der Waals surface area contributed by atoms with Crippen molar-refractivity contribution in [2.45, 2.75) is 18.4 Å². The molecule has 0 fully saturated rings. The predicted molar refractivity (Wildman–Crippen MR) is 85.3 cm³/mol. The molecule has 9 heteroatoms. The molecule has 1 N–H and O–H groups in total. The first-order chi connectivity index (χ1) is 11.4. The molecule has 0 aliphatic heterocycles. The van der Waals surface area contributed by atoms with Crippen LogP contribution in [0.1, 0.15) is 11.1 Å². The lowest BCUT2D eigenvalue weighted by Crippen LogP contribution is -2.14. The summed E-state index contributed by atoms with van der Waals surface area (Å²) in [6.45, 7) is 1.96. The van der Waals surface area contributed by atoms with Gasteiger partial charge in [-0.05, 0) is 36.2 Å². The minimum atomic E-state index is -3.95. The average Bonchev–Trinajstić information content (AvgIpc) is 2.97. The summed E-state index contributed by atoms with van der Waals surface area (Å²) in [5.74, 6) is -0.673. The molecule has 24 heavy (non-hydrogen) atoms. The molecule has 0 spiro atoms. The minimum Gasteiger partial charge on any atom is -0.264 e. The molecule has 124 valence electrons. The van der Waals surface area contributed by atoms with Crippen LogP contribution < -0.4 is 4.72 Å². The van der Waals surface area contributed by atoms with Crippen molar-refractivity contribution in [1.29, 1.82) is 0 Å². The van der Waals surface area contributed by atoms with E-state index in [1.807, 2.05) is 6.07 Å². The molecular formula is C15H14FN5O2S. The van der Waals surface area contributed by atoms with Crippen LogP contribution in [0.3, 0.4) is 0 Å². The van der Waals surface area contributed by atoms with Gasteiger partial charge in [-0.3, -0.25) is 4.98 Å². The van der Waals surface area contributed by atoms with E-state index in [0.717, 1.165) is 11.6 Å². The lowest BCUT2D eigenvalue weighted by molar-refractivity contribution is 0.592. The molecule has 3 aromatic rings. The molecule has 0 saturated heterocycles. The second-order valence-electron chi connectivity index (χ2n) is 5.14. The number of hydrogen-bond acceptors (Lipinski definition) is 5. The zero-order valence-electron chi connectivity index (χ0n) is 12.7. The molecule has 2 heterocycles. The molecule has 2 aromatic heterocycles. The highest BCUT2D eigenvalue weighted by Crippen LogP contribution is 2.16. The monoisotopic (exact) mass is 347 g/mol. The zero-order chi connectivity index (χ0) is 17.2. The van der Waals surface area contributed by atoms with Gasteiger partial charge < -0.3 is 0 Å². The van der Waals surface area contributed by atoms with Crippen molar-refractivity contribution in [3.8, 4) is 0 Å². The van der Waals surface area contributed by atoms with Crippen LogP contribution in [0.2, 0.25) is 0 Å². The maximum Gasteiger partial charge on any atom is 0.264 e. The summed E-state index contributed by atoms with van der Waals surface area (Å²) in [4.78, 5) is 7.72. The van der Waals surface area contributed by atoms with Gasteiger partial charge in [0.25, 0.3) is 16.0 Å². The van der Waals surface area contributed by atoms with Gasteiger partial charge in [-0.25, -0.2) is 22.2 Å². The van der Waals surface area contributed by atoms with E-state index in [2.05, 4.69) is 19.8 Å². The van der Waals surface area contributed by atoms with Crippen molar-refractivity contribution < 1.29 is 12.8 Å². The first-order valence-electron chi connectivity index (χ1n) is 7.01. The van der Waals surface area contributed by atoms with Gasteiger partial charge in [-0.2, -0.15) is 4.98 Å². The van der Waals surface area contributed by atoms with Crippen molar-refractivity contribution in [2.75, 3.05) is 4.72 Å². The van der Waals surface area contributed by atoms with Gasteiger partial charge in [-0.15, -0.1) is 5.10 Å². The Morgan fingerprint density at radius 2 is 2.12 bits per heavy atom. The number of aryl methyl sites for hydroxylation is 1. The van der Waals surface area contributed by atoms with E-state index in [9.17, 15) is 12.8 Å². The van der Waals surface area contributed by atoms with Crippen molar-refractivity contribution in [3.63, 3.8) is 0 Å². The molecule has 3 rings (SSSR count). The maximum atomic E-state index is 13.6. The van der Waals surface area contributed by atoms with Gasteiger partial charge in [-0.1, -0.05) is 12.1 Å². The normalized spacial score (nSPS) is 11.4. The molecule has 1 aromatic carbocycles. The lowest BCUT2D eigenvalue weighted by atomic mass is 10.2. The van der Waals surface area contributed by atoms with Crippen molar-refractivity contribution in [3.05, 3.63) is 66.0 Å². The second kappa shape index (κ2) is 6.36. The van der Waals surface area contributed by atoms with E-state index < -0.39 is 15.8 Å². The number of aromatic nitrogens is 4. The highest BCUT2D eigenvalue weighted by atomic mass is 32.2. The third-order valence-corrected chi connectivity index (χ3v) is 4.61. The van der Waals surface area contributed by atoms with Crippen molar-refractivity contribution in [2.24, 2.45) is 0 Å². The zero-order valence-corrected chi connectivity index (χ0v) is 13.5. The van der Waals surface area contributed by atoms with E-state index in [0.29, 0.717) is 12.1 Å². The van der Waals surface area contributed by atoms with Crippen LogP contribution >= 0.6 is 0 Å². The average molecular weight is 347 g/mol. The van der Waals surface area contributed by atoms with Gasteiger partial charge in [0.15, 0.2) is 0 Å². The number of sulfonamides is 1. The summed E-state index contributed by atoms with van der Waals surface area (Å²) in [6, 6.07) is 7.35. The second-order valence-corrected chi connectivity index (χ2v) is 6.83. The smallest absolute Gasteiger partial charge is 0.264 e. The fourth-order valence-corrected chi connectivity index (χ4v) is 2.97. The third kappa shape index (κ3) is 3.57. The van der Waals surface area contributed by atoms with Crippen LogP contribution in [0.5, 0.6) is 0 Å². The molecule has 0 unspecified atom stereocenters. The molecule has 0 aliphatic rings. The van der Waals surface area contributed by atoms with E-state index in [-0.39, 0.29) is 10.8 Å². The molecular weight excluding hydrogens is 333 g/mol. The number of nitrogens with zero attached hydrogens (tertiary/aromatic N) is 4. The van der Waals surface area contributed by atoms with Crippen LogP contribution in [0.4, 0.5) is 10.3 Å². The first kappa shape index (κ1) is 16.1. The van der Waals surface area contributed by atoms with E-state index in [4.69, 9.17) is 0 Å². The van der Waals surface area contributed by atoms with Gasteiger partial charge in [0.1, 0.15) is 12.1 Å². The summed E-state index contributed by atoms with van der Waals surface area (Å²) < 4.78 is 41.8. The van der Waals surface area contributed by atoms with Gasteiger partial charge in [0.2, 0.25) is 0 Å². The molecule has 0 atom stereocenters. The number of hydrogen-bond donors (Lipinski definition) is 1.